The Balaban J connectivity index is 2.46. The summed E-state index contributed by atoms with van der Waals surface area (Å²) < 4.78 is 10.3. The fraction of sp³-hybridized carbons (Fsp3) is 0.308. The highest BCUT2D eigenvalue weighted by Gasteiger charge is 2.16. The number of carboxylic acids is 1. The molecule has 4 heteroatoms. The first-order valence-corrected chi connectivity index (χ1v) is 5.37. The number of benzene rings is 1. The first kappa shape index (κ1) is 11.7. The van der Waals surface area contributed by atoms with Crippen molar-refractivity contribution >= 4 is 16.9 Å². The molecule has 2 aromatic rings. The molecule has 0 radical (unpaired) electrons. The van der Waals surface area contributed by atoms with E-state index in [0.29, 0.717) is 17.8 Å². The maximum Gasteiger partial charge on any atom is 0.372 e. The normalized spacial score (nSPS) is 10.9. The molecule has 1 N–H and O–H groups in total. The van der Waals surface area contributed by atoms with E-state index in [2.05, 4.69) is 0 Å². The maximum absolute atomic E-state index is 10.9. The van der Waals surface area contributed by atoms with Crippen LogP contribution in [0.3, 0.4) is 0 Å². The van der Waals surface area contributed by atoms with Crippen LogP contribution in [0.2, 0.25) is 0 Å². The zero-order valence-corrected chi connectivity index (χ0v) is 9.82. The van der Waals surface area contributed by atoms with E-state index in [0.717, 1.165) is 17.4 Å². The maximum atomic E-state index is 10.9. The Morgan fingerprint density at radius 3 is 2.88 bits per heavy atom. The molecule has 0 atom stereocenters. The van der Waals surface area contributed by atoms with Crippen molar-refractivity contribution in [3.05, 3.63) is 35.1 Å². The van der Waals surface area contributed by atoms with E-state index < -0.39 is 5.97 Å². The zero-order chi connectivity index (χ0) is 12.4. The van der Waals surface area contributed by atoms with E-state index in [4.69, 9.17) is 14.3 Å². The van der Waals surface area contributed by atoms with Crippen molar-refractivity contribution in [1.82, 2.24) is 0 Å². The molecule has 1 aromatic heterocycles. The Morgan fingerprint density at radius 2 is 2.24 bits per heavy atom. The minimum absolute atomic E-state index is 0.0175. The number of ether oxygens (including phenoxy) is 1. The van der Waals surface area contributed by atoms with Gasteiger partial charge in [-0.15, -0.1) is 0 Å². The van der Waals surface area contributed by atoms with Gasteiger partial charge in [-0.2, -0.15) is 0 Å². The molecule has 17 heavy (non-hydrogen) atoms. The van der Waals surface area contributed by atoms with E-state index in [9.17, 15) is 4.79 Å². The van der Waals surface area contributed by atoms with Gasteiger partial charge in [-0.3, -0.25) is 0 Å². The number of hydrogen-bond acceptors (Lipinski definition) is 3. The average molecular weight is 234 g/mol. The van der Waals surface area contributed by atoms with E-state index in [1.165, 1.54) is 0 Å². The molecule has 4 nitrogen and oxygen atoms in total. The van der Waals surface area contributed by atoms with E-state index in [-0.39, 0.29) is 5.76 Å². The molecule has 90 valence electrons. The highest BCUT2D eigenvalue weighted by atomic mass is 16.5. The van der Waals surface area contributed by atoms with Crippen LogP contribution in [-0.2, 0) is 11.2 Å². The van der Waals surface area contributed by atoms with Gasteiger partial charge in [0, 0.05) is 18.1 Å². The smallest absolute Gasteiger partial charge is 0.372 e. The van der Waals surface area contributed by atoms with E-state index >= 15 is 0 Å². The van der Waals surface area contributed by atoms with Gasteiger partial charge in [0.05, 0.1) is 6.61 Å². The summed E-state index contributed by atoms with van der Waals surface area (Å²) >= 11 is 0. The number of rotatable bonds is 4. The summed E-state index contributed by atoms with van der Waals surface area (Å²) in [5, 5.41) is 9.82. The second kappa shape index (κ2) is 4.59. The molecular formula is C13H14O4. The van der Waals surface area contributed by atoms with Crippen molar-refractivity contribution in [2.24, 2.45) is 0 Å². The molecule has 2 rings (SSSR count). The lowest BCUT2D eigenvalue weighted by Crippen LogP contribution is -1.95. The highest BCUT2D eigenvalue weighted by Crippen LogP contribution is 2.26. The summed E-state index contributed by atoms with van der Waals surface area (Å²) in [7, 11) is 1.66. The third kappa shape index (κ3) is 2.17. The summed E-state index contributed by atoms with van der Waals surface area (Å²) in [6.07, 6.45) is 0.805. The number of furan rings is 1. The van der Waals surface area contributed by atoms with Crippen LogP contribution in [0.25, 0.3) is 11.0 Å². The number of methoxy groups -OCH3 is 1. The molecule has 0 bridgehead atoms. The van der Waals surface area contributed by atoms with Crippen LogP contribution in [0.5, 0.6) is 0 Å². The zero-order valence-electron chi connectivity index (χ0n) is 9.82. The third-order valence-electron chi connectivity index (χ3n) is 2.79. The quantitative estimate of drug-likeness (QED) is 0.883. The molecule has 0 amide bonds. The number of fused-ring (bicyclic) bond motifs is 1. The van der Waals surface area contributed by atoms with Gasteiger partial charge < -0.3 is 14.3 Å². The molecule has 0 saturated heterocycles. The largest absolute Gasteiger partial charge is 0.475 e. The van der Waals surface area contributed by atoms with Gasteiger partial charge in [0.2, 0.25) is 5.76 Å². The Labute approximate surface area is 98.8 Å². The van der Waals surface area contributed by atoms with Gasteiger partial charge >= 0.3 is 5.97 Å². The van der Waals surface area contributed by atoms with Crippen molar-refractivity contribution < 1.29 is 19.1 Å². The average Bonchev–Trinajstić information content (AvgIpc) is 2.64. The van der Waals surface area contributed by atoms with Crippen molar-refractivity contribution in [2.45, 2.75) is 13.3 Å². The summed E-state index contributed by atoms with van der Waals surface area (Å²) in [5.41, 5.74) is 2.40. The molecular weight excluding hydrogens is 220 g/mol. The standard InChI is InChI=1S/C13H14O4/c1-8-10-7-9(5-6-16-2)3-4-11(10)17-12(8)13(14)15/h3-4,7H,5-6H2,1-2H3,(H,14,15). The van der Waals surface area contributed by atoms with Crippen LogP contribution in [0, 0.1) is 6.92 Å². The molecule has 0 aliphatic rings. The Hall–Kier alpha value is -1.81. The van der Waals surface area contributed by atoms with Crippen LogP contribution >= 0.6 is 0 Å². The minimum atomic E-state index is -1.03. The number of carbonyl (C=O) groups is 1. The van der Waals surface area contributed by atoms with Crippen LogP contribution in [-0.4, -0.2) is 24.8 Å². The molecule has 0 spiro atoms. The van der Waals surface area contributed by atoms with Crippen molar-refractivity contribution in [3.8, 4) is 0 Å². The van der Waals surface area contributed by atoms with Gasteiger partial charge in [-0.25, -0.2) is 4.79 Å². The molecule has 0 unspecified atom stereocenters. The summed E-state index contributed by atoms with van der Waals surface area (Å²) in [4.78, 5) is 10.9. The summed E-state index contributed by atoms with van der Waals surface area (Å²) in [5.74, 6) is -1.01. The lowest BCUT2D eigenvalue weighted by molar-refractivity contribution is 0.0664. The molecule has 0 aliphatic carbocycles. The highest BCUT2D eigenvalue weighted by molar-refractivity contribution is 5.95. The van der Waals surface area contributed by atoms with Gasteiger partial charge in [0.15, 0.2) is 0 Å². The number of aromatic carboxylic acids is 1. The van der Waals surface area contributed by atoms with E-state index in [1.54, 1.807) is 20.1 Å². The first-order chi connectivity index (χ1) is 8.13. The van der Waals surface area contributed by atoms with Gasteiger partial charge in [-0.1, -0.05) is 6.07 Å². The van der Waals surface area contributed by atoms with Crippen molar-refractivity contribution in [2.75, 3.05) is 13.7 Å². The molecule has 1 heterocycles. The number of carboxylic acid groups (broad SMARTS) is 1. The predicted molar refractivity (Wildman–Crippen MR) is 63.5 cm³/mol. The fourth-order valence-corrected chi connectivity index (χ4v) is 1.85. The topological polar surface area (TPSA) is 59.7 Å². The van der Waals surface area contributed by atoms with Gasteiger partial charge in [-0.05, 0) is 31.0 Å². The predicted octanol–water partition coefficient (Wildman–Crippen LogP) is 2.63. The molecule has 1 aromatic carbocycles. The monoisotopic (exact) mass is 234 g/mol. The lowest BCUT2D eigenvalue weighted by atomic mass is 10.1. The second-order valence-electron chi connectivity index (χ2n) is 3.93. The lowest BCUT2D eigenvalue weighted by Gasteiger charge is -2.00. The second-order valence-corrected chi connectivity index (χ2v) is 3.93. The molecule has 0 saturated carbocycles. The Bertz CT molecular complexity index is 554. The summed E-state index contributed by atoms with van der Waals surface area (Å²) in [6, 6.07) is 5.69. The van der Waals surface area contributed by atoms with Crippen LogP contribution in [0.1, 0.15) is 21.7 Å². The molecule has 0 fully saturated rings. The van der Waals surface area contributed by atoms with E-state index in [1.807, 2.05) is 12.1 Å². The molecule has 0 aliphatic heterocycles. The van der Waals surface area contributed by atoms with Gasteiger partial charge in [0.25, 0.3) is 0 Å². The minimum Gasteiger partial charge on any atom is -0.475 e. The third-order valence-corrected chi connectivity index (χ3v) is 2.79. The number of aryl methyl sites for hydroxylation is 1. The van der Waals surface area contributed by atoms with Gasteiger partial charge in [0.1, 0.15) is 5.58 Å². The Morgan fingerprint density at radius 1 is 1.47 bits per heavy atom. The summed E-state index contributed by atoms with van der Waals surface area (Å²) in [6.45, 7) is 2.41. The fourth-order valence-electron chi connectivity index (χ4n) is 1.85. The van der Waals surface area contributed by atoms with Crippen LogP contribution in [0.4, 0.5) is 0 Å². The van der Waals surface area contributed by atoms with Crippen molar-refractivity contribution in [3.63, 3.8) is 0 Å². The first-order valence-electron chi connectivity index (χ1n) is 5.37. The van der Waals surface area contributed by atoms with Crippen LogP contribution < -0.4 is 0 Å². The van der Waals surface area contributed by atoms with Crippen LogP contribution in [0.15, 0.2) is 22.6 Å². The van der Waals surface area contributed by atoms with Crippen molar-refractivity contribution in [1.29, 1.82) is 0 Å². The number of hydrogen-bond donors (Lipinski definition) is 1. The SMILES string of the molecule is COCCc1ccc2oc(C(=O)O)c(C)c2c1. The Kier molecular flexibility index (Phi) is 3.15.